The van der Waals surface area contributed by atoms with E-state index in [0.29, 0.717) is 31.7 Å². The first-order valence-corrected chi connectivity index (χ1v) is 8.02. The average molecular weight is 309 g/mol. The summed E-state index contributed by atoms with van der Waals surface area (Å²) in [6, 6.07) is 0. The molecule has 2 rings (SSSR count). The first-order valence-electron chi connectivity index (χ1n) is 6.01. The van der Waals surface area contributed by atoms with Crippen molar-refractivity contribution in [3.05, 3.63) is 11.5 Å². The number of hydrogen-bond donors (Lipinski definition) is 1. The van der Waals surface area contributed by atoms with Crippen LogP contribution in [-0.2, 0) is 14.8 Å². The monoisotopic (exact) mass is 308 g/mol. The second kappa shape index (κ2) is 5.40. The van der Waals surface area contributed by atoms with Crippen molar-refractivity contribution in [1.29, 1.82) is 0 Å². The molecule has 1 aliphatic rings. The van der Waals surface area contributed by atoms with Gasteiger partial charge in [0.2, 0.25) is 10.0 Å². The zero-order valence-electron chi connectivity index (χ0n) is 10.9. The average Bonchev–Trinajstić information content (AvgIpc) is 2.70. The lowest BCUT2D eigenvalue weighted by atomic mass is 9.94. The van der Waals surface area contributed by atoms with Crippen molar-refractivity contribution in [2.45, 2.75) is 37.1 Å². The largest absolute Gasteiger partial charge is 0.381 e. The highest BCUT2D eigenvalue weighted by Crippen LogP contribution is 2.27. The fourth-order valence-electron chi connectivity index (χ4n) is 2.22. The number of halogens is 1. The third kappa shape index (κ3) is 2.94. The summed E-state index contributed by atoms with van der Waals surface area (Å²) in [4.78, 5) is 0.100. The SMILES string of the molecule is Cc1noc(C)c1S(=O)(=O)NC1(CCl)CCOCC1. The quantitative estimate of drug-likeness (QED) is 0.849. The molecule has 6 nitrogen and oxygen atoms in total. The zero-order valence-corrected chi connectivity index (χ0v) is 12.5. The van der Waals surface area contributed by atoms with Crippen LogP contribution in [0.3, 0.4) is 0 Å². The molecule has 0 bridgehead atoms. The second-order valence-electron chi connectivity index (χ2n) is 4.79. The molecule has 19 heavy (non-hydrogen) atoms. The Morgan fingerprint density at radius 1 is 1.37 bits per heavy atom. The number of nitrogens with one attached hydrogen (secondary N) is 1. The fourth-order valence-corrected chi connectivity index (χ4v) is 4.42. The van der Waals surface area contributed by atoms with E-state index in [1.165, 1.54) is 0 Å². The minimum atomic E-state index is -3.69. The lowest BCUT2D eigenvalue weighted by Gasteiger charge is -2.35. The summed E-state index contributed by atoms with van der Waals surface area (Å²) < 4.78 is 37.8. The van der Waals surface area contributed by atoms with Crippen LogP contribution < -0.4 is 4.72 Å². The van der Waals surface area contributed by atoms with Gasteiger partial charge < -0.3 is 9.26 Å². The molecule has 1 fully saturated rings. The summed E-state index contributed by atoms with van der Waals surface area (Å²) in [5.74, 6) is 0.487. The van der Waals surface area contributed by atoms with Crippen molar-refractivity contribution in [3.63, 3.8) is 0 Å². The molecule has 0 spiro atoms. The molecule has 0 atom stereocenters. The van der Waals surface area contributed by atoms with Gasteiger partial charge in [-0.25, -0.2) is 13.1 Å². The molecule has 108 valence electrons. The lowest BCUT2D eigenvalue weighted by Crippen LogP contribution is -2.53. The van der Waals surface area contributed by atoms with Gasteiger partial charge in [0.1, 0.15) is 10.6 Å². The Morgan fingerprint density at radius 3 is 2.47 bits per heavy atom. The van der Waals surface area contributed by atoms with E-state index in [-0.39, 0.29) is 16.5 Å². The van der Waals surface area contributed by atoms with E-state index in [1.54, 1.807) is 13.8 Å². The topological polar surface area (TPSA) is 81.4 Å². The van der Waals surface area contributed by atoms with E-state index in [1.807, 2.05) is 0 Å². The van der Waals surface area contributed by atoms with Gasteiger partial charge in [0, 0.05) is 19.1 Å². The number of hydrogen-bond acceptors (Lipinski definition) is 5. The van der Waals surface area contributed by atoms with E-state index in [0.717, 1.165) is 0 Å². The smallest absolute Gasteiger partial charge is 0.246 e. The molecule has 0 radical (unpaired) electrons. The molecule has 8 heteroatoms. The summed E-state index contributed by atoms with van der Waals surface area (Å²) in [6.07, 6.45) is 1.11. The number of aryl methyl sites for hydroxylation is 2. The molecule has 1 aliphatic heterocycles. The van der Waals surface area contributed by atoms with Crippen LogP contribution in [0.15, 0.2) is 9.42 Å². The van der Waals surface area contributed by atoms with Gasteiger partial charge in [-0.2, -0.15) is 0 Å². The molecule has 2 heterocycles. The number of sulfonamides is 1. The highest BCUT2D eigenvalue weighted by molar-refractivity contribution is 7.89. The van der Waals surface area contributed by atoms with Crippen LogP contribution in [-0.4, -0.2) is 38.2 Å². The molecular formula is C11H17ClN2O4S. The Hall–Kier alpha value is -0.630. The van der Waals surface area contributed by atoms with Crippen LogP contribution >= 0.6 is 11.6 Å². The Bertz CT molecular complexity index is 530. The maximum atomic E-state index is 12.5. The maximum Gasteiger partial charge on any atom is 0.246 e. The van der Waals surface area contributed by atoms with Gasteiger partial charge in [0.05, 0.1) is 5.54 Å². The van der Waals surface area contributed by atoms with Crippen LogP contribution in [0.5, 0.6) is 0 Å². The fraction of sp³-hybridized carbons (Fsp3) is 0.727. The summed E-state index contributed by atoms with van der Waals surface area (Å²) in [5, 5.41) is 3.67. The molecule has 0 aromatic carbocycles. The van der Waals surface area contributed by atoms with Gasteiger partial charge >= 0.3 is 0 Å². The van der Waals surface area contributed by atoms with Crippen LogP contribution in [0.2, 0.25) is 0 Å². The normalized spacial score (nSPS) is 19.5. The summed E-state index contributed by atoms with van der Waals surface area (Å²) >= 11 is 5.96. The highest BCUT2D eigenvalue weighted by Gasteiger charge is 2.38. The van der Waals surface area contributed by atoms with Crippen molar-refractivity contribution in [3.8, 4) is 0 Å². The molecule has 1 saturated heterocycles. The minimum Gasteiger partial charge on any atom is -0.381 e. The zero-order chi connectivity index (χ0) is 14.1. The van der Waals surface area contributed by atoms with Crippen LogP contribution in [0.25, 0.3) is 0 Å². The van der Waals surface area contributed by atoms with E-state index in [4.69, 9.17) is 20.9 Å². The predicted octanol–water partition coefficient (Wildman–Crippen LogP) is 1.36. The summed E-state index contributed by atoms with van der Waals surface area (Å²) in [6.45, 7) is 4.17. The van der Waals surface area contributed by atoms with Crippen molar-refractivity contribution >= 4 is 21.6 Å². The van der Waals surface area contributed by atoms with E-state index >= 15 is 0 Å². The molecule has 0 aliphatic carbocycles. The molecule has 0 unspecified atom stereocenters. The third-order valence-corrected chi connectivity index (χ3v) is 5.63. The Labute approximate surface area is 117 Å². The number of aromatic nitrogens is 1. The molecule has 1 aromatic heterocycles. The van der Waals surface area contributed by atoms with Crippen LogP contribution in [0, 0.1) is 13.8 Å². The van der Waals surface area contributed by atoms with Crippen LogP contribution in [0.4, 0.5) is 0 Å². The predicted molar refractivity (Wildman–Crippen MR) is 69.8 cm³/mol. The Kier molecular flexibility index (Phi) is 4.20. The van der Waals surface area contributed by atoms with E-state index < -0.39 is 15.6 Å². The van der Waals surface area contributed by atoms with E-state index in [2.05, 4.69) is 9.88 Å². The van der Waals surface area contributed by atoms with Crippen molar-refractivity contribution < 1.29 is 17.7 Å². The summed E-state index contributed by atoms with van der Waals surface area (Å²) in [5.41, 5.74) is -0.309. The third-order valence-electron chi connectivity index (χ3n) is 3.29. The Morgan fingerprint density at radius 2 is 2.00 bits per heavy atom. The van der Waals surface area contributed by atoms with Gasteiger partial charge in [0.25, 0.3) is 0 Å². The van der Waals surface area contributed by atoms with Gasteiger partial charge in [-0.1, -0.05) is 5.16 Å². The number of nitrogens with zero attached hydrogens (tertiary/aromatic N) is 1. The minimum absolute atomic E-state index is 0.100. The number of rotatable bonds is 4. The van der Waals surface area contributed by atoms with Crippen molar-refractivity contribution in [2.75, 3.05) is 19.1 Å². The first-order chi connectivity index (χ1) is 8.90. The molecule has 0 saturated carbocycles. The standard InChI is InChI=1S/C11H17ClN2O4S/c1-8-10(9(2)18-13-8)19(15,16)14-11(7-12)3-5-17-6-4-11/h14H,3-7H2,1-2H3. The maximum absolute atomic E-state index is 12.5. The highest BCUT2D eigenvalue weighted by atomic mass is 35.5. The van der Waals surface area contributed by atoms with Crippen LogP contribution in [0.1, 0.15) is 24.3 Å². The van der Waals surface area contributed by atoms with E-state index in [9.17, 15) is 8.42 Å². The molecular weight excluding hydrogens is 292 g/mol. The van der Waals surface area contributed by atoms with Gasteiger partial charge in [-0.15, -0.1) is 11.6 Å². The van der Waals surface area contributed by atoms with Gasteiger partial charge in [-0.3, -0.25) is 0 Å². The van der Waals surface area contributed by atoms with Gasteiger partial charge in [-0.05, 0) is 26.7 Å². The number of ether oxygens (including phenoxy) is 1. The Balaban J connectivity index is 2.30. The molecule has 1 N–H and O–H groups in total. The number of alkyl halides is 1. The van der Waals surface area contributed by atoms with Crippen molar-refractivity contribution in [2.24, 2.45) is 0 Å². The lowest BCUT2D eigenvalue weighted by molar-refractivity contribution is 0.0549. The summed E-state index contributed by atoms with van der Waals surface area (Å²) in [7, 11) is -3.69. The second-order valence-corrected chi connectivity index (χ2v) is 6.67. The molecule has 1 aromatic rings. The van der Waals surface area contributed by atoms with Crippen molar-refractivity contribution in [1.82, 2.24) is 9.88 Å². The first kappa shape index (κ1) is 14.8. The molecule has 0 amide bonds. The van der Waals surface area contributed by atoms with Gasteiger partial charge in [0.15, 0.2) is 5.76 Å².